The summed E-state index contributed by atoms with van der Waals surface area (Å²) in [5.41, 5.74) is 5.91. The summed E-state index contributed by atoms with van der Waals surface area (Å²) in [6, 6.07) is 8.43. The number of benzene rings is 1. The Morgan fingerprint density at radius 2 is 1.90 bits per heavy atom. The van der Waals surface area contributed by atoms with Crippen LogP contribution in [0.1, 0.15) is 25.3 Å². The molecule has 0 saturated heterocycles. The van der Waals surface area contributed by atoms with Crippen LogP contribution >= 0.6 is 0 Å². The van der Waals surface area contributed by atoms with Crippen LogP contribution in [0.2, 0.25) is 0 Å². The molecule has 0 bridgehead atoms. The molecule has 1 unspecified atom stereocenters. The molecule has 114 valence electrons. The minimum absolute atomic E-state index is 0.166. The Kier molecular flexibility index (Phi) is 5.16. The van der Waals surface area contributed by atoms with Crippen LogP contribution in [0.4, 0.5) is 0 Å². The van der Waals surface area contributed by atoms with Crippen LogP contribution in [-0.2, 0) is 16.1 Å². The summed E-state index contributed by atoms with van der Waals surface area (Å²) in [4.78, 5) is 23.8. The van der Waals surface area contributed by atoms with Crippen LogP contribution in [0.15, 0.2) is 24.3 Å². The summed E-state index contributed by atoms with van der Waals surface area (Å²) in [5.74, 6) is 0.391. The van der Waals surface area contributed by atoms with Gasteiger partial charge in [0.2, 0.25) is 5.91 Å². The molecule has 6 heteroatoms. The van der Waals surface area contributed by atoms with Crippen molar-refractivity contribution >= 4 is 11.8 Å². The van der Waals surface area contributed by atoms with Gasteiger partial charge < -0.3 is 9.64 Å². The van der Waals surface area contributed by atoms with Crippen molar-refractivity contribution in [3.8, 4) is 5.75 Å². The van der Waals surface area contributed by atoms with Gasteiger partial charge in [0.15, 0.2) is 6.54 Å². The number of quaternary nitrogens is 1. The first-order valence-electron chi connectivity index (χ1n) is 7.11. The van der Waals surface area contributed by atoms with Crippen molar-refractivity contribution in [1.82, 2.24) is 10.9 Å². The van der Waals surface area contributed by atoms with E-state index in [-0.39, 0.29) is 11.8 Å². The minimum atomic E-state index is -0.272. The molecular weight excluding hydrogens is 270 g/mol. The smallest absolute Gasteiger partial charge is 0.293 e. The molecule has 1 aliphatic rings. The molecule has 1 saturated carbocycles. The monoisotopic (exact) mass is 292 g/mol. The number of carbonyl (C=O) groups excluding carboxylic acids is 2. The Balaban J connectivity index is 1.89. The Morgan fingerprint density at radius 1 is 1.24 bits per heavy atom. The summed E-state index contributed by atoms with van der Waals surface area (Å²) in [6.07, 6.45) is 2.30. The van der Waals surface area contributed by atoms with Crippen molar-refractivity contribution < 1.29 is 19.2 Å². The fourth-order valence-electron chi connectivity index (χ4n) is 2.26. The third-order valence-corrected chi connectivity index (χ3v) is 3.51. The molecule has 0 radical (unpaired) electrons. The van der Waals surface area contributed by atoms with E-state index >= 15 is 0 Å². The van der Waals surface area contributed by atoms with Gasteiger partial charge in [-0.2, -0.15) is 0 Å². The SMILES string of the molecule is COc1ccc(C[NH+](CC(=O)NNC(C)=O)C2CC2)cc1. The summed E-state index contributed by atoms with van der Waals surface area (Å²) >= 11 is 0. The Hall–Kier alpha value is -2.08. The average molecular weight is 292 g/mol. The van der Waals surface area contributed by atoms with Crippen molar-refractivity contribution in [1.29, 1.82) is 0 Å². The number of amides is 2. The zero-order valence-corrected chi connectivity index (χ0v) is 12.4. The maximum Gasteiger partial charge on any atom is 0.293 e. The fourth-order valence-corrected chi connectivity index (χ4v) is 2.26. The van der Waals surface area contributed by atoms with Crippen molar-refractivity contribution in [2.24, 2.45) is 0 Å². The first-order chi connectivity index (χ1) is 10.1. The molecular formula is C15H22N3O3+. The molecule has 2 amide bonds. The van der Waals surface area contributed by atoms with Gasteiger partial charge in [-0.05, 0) is 24.3 Å². The van der Waals surface area contributed by atoms with Gasteiger partial charge in [-0.3, -0.25) is 20.4 Å². The molecule has 21 heavy (non-hydrogen) atoms. The number of ether oxygens (including phenoxy) is 1. The molecule has 0 spiro atoms. The quantitative estimate of drug-likeness (QED) is 0.614. The van der Waals surface area contributed by atoms with Crippen LogP contribution in [0, 0.1) is 0 Å². The Labute approximate surface area is 124 Å². The lowest BCUT2D eigenvalue weighted by Crippen LogP contribution is -3.13. The van der Waals surface area contributed by atoms with E-state index in [0.29, 0.717) is 12.6 Å². The number of rotatable bonds is 6. The molecule has 1 atom stereocenters. The summed E-state index contributed by atoms with van der Waals surface area (Å²) in [6.45, 7) is 2.52. The van der Waals surface area contributed by atoms with Crippen molar-refractivity contribution in [2.75, 3.05) is 13.7 Å². The van der Waals surface area contributed by atoms with Crippen molar-refractivity contribution in [3.05, 3.63) is 29.8 Å². The zero-order chi connectivity index (χ0) is 15.2. The second-order valence-electron chi connectivity index (χ2n) is 5.36. The first kappa shape index (κ1) is 15.3. The molecule has 1 aromatic rings. The highest BCUT2D eigenvalue weighted by Gasteiger charge is 2.34. The van der Waals surface area contributed by atoms with E-state index in [1.54, 1.807) is 7.11 Å². The summed E-state index contributed by atoms with van der Waals surface area (Å²) < 4.78 is 5.14. The van der Waals surface area contributed by atoms with Gasteiger partial charge in [0.25, 0.3) is 5.91 Å². The van der Waals surface area contributed by atoms with E-state index in [1.807, 2.05) is 24.3 Å². The fraction of sp³-hybridized carbons (Fsp3) is 0.467. The second kappa shape index (κ2) is 7.08. The average Bonchev–Trinajstić information content (AvgIpc) is 3.30. The molecule has 3 N–H and O–H groups in total. The Bertz CT molecular complexity index is 497. The zero-order valence-electron chi connectivity index (χ0n) is 12.4. The Morgan fingerprint density at radius 3 is 2.43 bits per heavy atom. The maximum atomic E-state index is 11.8. The molecule has 0 heterocycles. The largest absolute Gasteiger partial charge is 0.497 e. The van der Waals surface area contributed by atoms with Gasteiger partial charge in [0, 0.05) is 25.3 Å². The second-order valence-corrected chi connectivity index (χ2v) is 5.36. The molecule has 1 aliphatic carbocycles. The van der Waals surface area contributed by atoms with Crippen LogP contribution in [0.25, 0.3) is 0 Å². The van der Waals surface area contributed by atoms with Gasteiger partial charge in [-0.15, -0.1) is 0 Å². The van der Waals surface area contributed by atoms with E-state index in [1.165, 1.54) is 17.4 Å². The lowest BCUT2D eigenvalue weighted by Gasteiger charge is -2.19. The van der Waals surface area contributed by atoms with E-state index in [4.69, 9.17) is 4.74 Å². The van der Waals surface area contributed by atoms with Gasteiger partial charge >= 0.3 is 0 Å². The van der Waals surface area contributed by atoms with Crippen molar-refractivity contribution in [2.45, 2.75) is 32.4 Å². The molecule has 1 fully saturated rings. The number of hydrogen-bond acceptors (Lipinski definition) is 3. The van der Waals surface area contributed by atoms with Gasteiger partial charge in [-0.1, -0.05) is 0 Å². The van der Waals surface area contributed by atoms with Crippen molar-refractivity contribution in [3.63, 3.8) is 0 Å². The molecule has 6 nitrogen and oxygen atoms in total. The number of hydrazine groups is 1. The van der Waals surface area contributed by atoms with Crippen LogP contribution in [0.3, 0.4) is 0 Å². The predicted octanol–water partition coefficient (Wildman–Crippen LogP) is -0.590. The lowest BCUT2D eigenvalue weighted by atomic mass is 10.2. The summed E-state index contributed by atoms with van der Waals surface area (Å²) in [7, 11) is 1.64. The van der Waals surface area contributed by atoms with E-state index in [2.05, 4.69) is 10.9 Å². The predicted molar refractivity (Wildman–Crippen MR) is 77.5 cm³/mol. The maximum absolute atomic E-state index is 11.8. The van der Waals surface area contributed by atoms with Crippen LogP contribution < -0.4 is 20.5 Å². The summed E-state index contributed by atoms with van der Waals surface area (Å²) in [5, 5.41) is 0. The molecule has 1 aromatic carbocycles. The normalized spacial score (nSPS) is 15.1. The number of nitrogens with one attached hydrogen (secondary N) is 3. The van der Waals surface area contributed by atoms with Gasteiger partial charge in [0.05, 0.1) is 13.2 Å². The first-order valence-corrected chi connectivity index (χ1v) is 7.11. The van der Waals surface area contributed by atoms with Gasteiger partial charge in [0.1, 0.15) is 12.3 Å². The highest BCUT2D eigenvalue weighted by molar-refractivity contribution is 5.81. The number of methoxy groups -OCH3 is 1. The highest BCUT2D eigenvalue weighted by atomic mass is 16.5. The van der Waals surface area contributed by atoms with E-state index in [0.717, 1.165) is 25.1 Å². The van der Waals surface area contributed by atoms with E-state index < -0.39 is 0 Å². The molecule has 0 aliphatic heterocycles. The number of carbonyl (C=O) groups is 2. The number of hydrogen-bond donors (Lipinski definition) is 3. The van der Waals surface area contributed by atoms with E-state index in [9.17, 15) is 9.59 Å². The molecule has 2 rings (SSSR count). The third kappa shape index (κ3) is 5.07. The van der Waals surface area contributed by atoms with Crippen LogP contribution in [0.5, 0.6) is 5.75 Å². The topological polar surface area (TPSA) is 71.9 Å². The minimum Gasteiger partial charge on any atom is -0.497 e. The third-order valence-electron chi connectivity index (χ3n) is 3.51. The molecule has 0 aromatic heterocycles. The standard InChI is InChI=1S/C15H21N3O3/c1-11(19)16-17-15(20)10-18(13-5-6-13)9-12-3-7-14(21-2)8-4-12/h3-4,7-8,13H,5-6,9-10H2,1-2H3,(H,16,19)(H,17,20)/p+1. The van der Waals surface area contributed by atoms with Crippen LogP contribution in [-0.4, -0.2) is 31.5 Å². The van der Waals surface area contributed by atoms with Gasteiger partial charge in [-0.25, -0.2) is 0 Å². The lowest BCUT2D eigenvalue weighted by molar-refractivity contribution is -0.917. The highest BCUT2D eigenvalue weighted by Crippen LogP contribution is 2.16.